The second-order valence-corrected chi connectivity index (χ2v) is 6.59. The monoisotopic (exact) mass is 366 g/mol. The minimum absolute atomic E-state index is 0.0651. The van der Waals surface area contributed by atoms with Gasteiger partial charge in [-0.1, -0.05) is 6.07 Å². The molecule has 4 rings (SSSR count). The molecule has 1 fully saturated rings. The molecule has 0 aliphatic carbocycles. The van der Waals surface area contributed by atoms with Crippen molar-refractivity contribution < 1.29 is 13.9 Å². The summed E-state index contributed by atoms with van der Waals surface area (Å²) in [7, 11) is 1.61. The van der Waals surface area contributed by atoms with Crippen molar-refractivity contribution in [3.05, 3.63) is 54.2 Å². The molecule has 1 N–H and O–H groups in total. The van der Waals surface area contributed by atoms with Crippen molar-refractivity contribution in [2.75, 3.05) is 20.2 Å². The first-order chi connectivity index (χ1) is 13.2. The summed E-state index contributed by atoms with van der Waals surface area (Å²) in [5, 5.41) is 2.97. The molecule has 1 unspecified atom stereocenters. The Bertz CT molecular complexity index is 919. The Morgan fingerprint density at radius 2 is 2.19 bits per heavy atom. The third kappa shape index (κ3) is 3.78. The molecule has 0 bridgehead atoms. The van der Waals surface area contributed by atoms with Gasteiger partial charge in [-0.2, -0.15) is 0 Å². The molecule has 7 nitrogen and oxygen atoms in total. The molecule has 27 heavy (non-hydrogen) atoms. The van der Waals surface area contributed by atoms with Crippen molar-refractivity contribution in [3.63, 3.8) is 0 Å². The lowest BCUT2D eigenvalue weighted by molar-refractivity contribution is -0.126. The van der Waals surface area contributed by atoms with Gasteiger partial charge in [0.05, 0.1) is 13.7 Å². The largest absolute Gasteiger partial charge is 0.497 e. The van der Waals surface area contributed by atoms with Crippen LogP contribution in [0.3, 0.4) is 0 Å². The fourth-order valence-corrected chi connectivity index (χ4v) is 3.48. The van der Waals surface area contributed by atoms with Gasteiger partial charge in [0, 0.05) is 18.5 Å². The SMILES string of the molecule is COc1ccc2oc(CNC(=O)C(c3cccnc3)N3CCCC3)nc2c1. The van der Waals surface area contributed by atoms with Crippen LogP contribution in [-0.4, -0.2) is 41.0 Å². The van der Waals surface area contributed by atoms with Crippen molar-refractivity contribution >= 4 is 17.0 Å². The highest BCUT2D eigenvalue weighted by atomic mass is 16.5. The van der Waals surface area contributed by atoms with E-state index in [9.17, 15) is 4.79 Å². The lowest BCUT2D eigenvalue weighted by Gasteiger charge is -2.26. The topological polar surface area (TPSA) is 80.5 Å². The molecule has 1 aliphatic rings. The van der Waals surface area contributed by atoms with E-state index in [1.165, 1.54) is 0 Å². The van der Waals surface area contributed by atoms with Crippen molar-refractivity contribution in [1.82, 2.24) is 20.2 Å². The lowest BCUT2D eigenvalue weighted by atomic mass is 10.1. The first kappa shape index (κ1) is 17.5. The van der Waals surface area contributed by atoms with Gasteiger partial charge in [-0.15, -0.1) is 0 Å². The highest BCUT2D eigenvalue weighted by Gasteiger charge is 2.29. The van der Waals surface area contributed by atoms with Crippen LogP contribution in [0.2, 0.25) is 0 Å². The maximum Gasteiger partial charge on any atom is 0.242 e. The molecular weight excluding hydrogens is 344 g/mol. The van der Waals surface area contributed by atoms with Gasteiger partial charge in [0.25, 0.3) is 0 Å². The van der Waals surface area contributed by atoms with E-state index in [0.717, 1.165) is 37.2 Å². The maximum absolute atomic E-state index is 12.9. The average Bonchev–Trinajstić information content (AvgIpc) is 3.36. The second kappa shape index (κ2) is 7.75. The van der Waals surface area contributed by atoms with Crippen LogP contribution in [0.1, 0.15) is 30.3 Å². The van der Waals surface area contributed by atoms with Gasteiger partial charge in [0.15, 0.2) is 5.58 Å². The minimum Gasteiger partial charge on any atom is -0.497 e. The van der Waals surface area contributed by atoms with Crippen LogP contribution >= 0.6 is 0 Å². The third-order valence-corrected chi connectivity index (χ3v) is 4.81. The van der Waals surface area contributed by atoms with Gasteiger partial charge >= 0.3 is 0 Å². The van der Waals surface area contributed by atoms with E-state index in [1.54, 1.807) is 19.5 Å². The Hall–Kier alpha value is -2.93. The number of ether oxygens (including phenoxy) is 1. The fourth-order valence-electron chi connectivity index (χ4n) is 3.48. The highest BCUT2D eigenvalue weighted by Crippen LogP contribution is 2.25. The molecule has 2 aromatic heterocycles. The maximum atomic E-state index is 12.9. The van der Waals surface area contributed by atoms with Crippen LogP contribution in [0.15, 0.2) is 47.1 Å². The summed E-state index contributed by atoms with van der Waals surface area (Å²) in [6, 6.07) is 8.91. The number of pyridine rings is 1. The number of carbonyl (C=O) groups is 1. The molecule has 1 atom stereocenters. The quantitative estimate of drug-likeness (QED) is 0.722. The molecule has 1 amide bonds. The van der Waals surface area contributed by atoms with E-state index >= 15 is 0 Å². The summed E-state index contributed by atoms with van der Waals surface area (Å²) in [6.07, 6.45) is 5.69. The molecule has 1 saturated heterocycles. The minimum atomic E-state index is -0.342. The van der Waals surface area contributed by atoms with Gasteiger partial charge in [-0.25, -0.2) is 4.98 Å². The van der Waals surface area contributed by atoms with E-state index in [1.807, 2.05) is 30.3 Å². The van der Waals surface area contributed by atoms with Gasteiger partial charge in [0.2, 0.25) is 11.8 Å². The number of benzene rings is 1. The number of methoxy groups -OCH3 is 1. The fraction of sp³-hybridized carbons (Fsp3) is 0.350. The van der Waals surface area contributed by atoms with Crippen molar-refractivity contribution in [1.29, 1.82) is 0 Å². The van der Waals surface area contributed by atoms with E-state index in [0.29, 0.717) is 17.0 Å². The Morgan fingerprint density at radius 1 is 1.33 bits per heavy atom. The number of aromatic nitrogens is 2. The lowest BCUT2D eigenvalue weighted by Crippen LogP contribution is -2.39. The number of hydrogen-bond acceptors (Lipinski definition) is 6. The number of rotatable bonds is 6. The van der Waals surface area contributed by atoms with Gasteiger partial charge in [-0.3, -0.25) is 14.7 Å². The number of amides is 1. The predicted molar refractivity (Wildman–Crippen MR) is 100 cm³/mol. The number of nitrogens with zero attached hydrogens (tertiary/aromatic N) is 3. The van der Waals surface area contributed by atoms with Crippen molar-refractivity contribution in [2.45, 2.75) is 25.4 Å². The molecule has 7 heteroatoms. The van der Waals surface area contributed by atoms with Crippen molar-refractivity contribution in [3.8, 4) is 5.75 Å². The molecule has 0 radical (unpaired) electrons. The Morgan fingerprint density at radius 3 is 2.93 bits per heavy atom. The molecule has 3 heterocycles. The number of nitrogens with one attached hydrogen (secondary N) is 1. The summed E-state index contributed by atoms with van der Waals surface area (Å²) < 4.78 is 10.9. The number of likely N-dealkylation sites (tertiary alicyclic amines) is 1. The Labute approximate surface area is 157 Å². The van der Waals surface area contributed by atoms with Crippen molar-refractivity contribution in [2.24, 2.45) is 0 Å². The number of carbonyl (C=O) groups excluding carboxylic acids is 1. The number of oxazole rings is 1. The van der Waals surface area contributed by atoms with Crippen LogP contribution in [0.4, 0.5) is 0 Å². The first-order valence-electron chi connectivity index (χ1n) is 9.10. The highest BCUT2D eigenvalue weighted by molar-refractivity contribution is 5.83. The molecular formula is C20H22N4O3. The molecule has 0 spiro atoms. The van der Waals surface area contributed by atoms with Crippen LogP contribution in [0.5, 0.6) is 5.75 Å². The normalized spacial score (nSPS) is 15.7. The molecule has 140 valence electrons. The summed E-state index contributed by atoms with van der Waals surface area (Å²) in [6.45, 7) is 2.06. The van der Waals surface area contributed by atoms with E-state index in [-0.39, 0.29) is 18.5 Å². The first-order valence-corrected chi connectivity index (χ1v) is 9.10. The predicted octanol–water partition coefficient (Wildman–Crippen LogP) is 2.68. The summed E-state index contributed by atoms with van der Waals surface area (Å²) in [4.78, 5) is 23.8. The van der Waals surface area contributed by atoms with Gasteiger partial charge < -0.3 is 14.5 Å². The molecule has 1 aromatic carbocycles. The van der Waals surface area contributed by atoms with Crippen LogP contribution in [0.25, 0.3) is 11.1 Å². The molecule has 3 aromatic rings. The van der Waals surface area contributed by atoms with Crippen LogP contribution in [-0.2, 0) is 11.3 Å². The van der Waals surface area contributed by atoms with E-state index in [4.69, 9.17) is 9.15 Å². The number of hydrogen-bond donors (Lipinski definition) is 1. The van der Waals surface area contributed by atoms with E-state index < -0.39 is 0 Å². The third-order valence-electron chi connectivity index (χ3n) is 4.81. The standard InChI is InChI=1S/C20H22N4O3/c1-26-15-6-7-17-16(11-15)23-18(27-17)13-22-20(25)19(24-9-2-3-10-24)14-5-4-8-21-12-14/h4-8,11-12,19H,2-3,9-10,13H2,1H3,(H,22,25). The molecule has 0 saturated carbocycles. The zero-order chi connectivity index (χ0) is 18.6. The zero-order valence-corrected chi connectivity index (χ0v) is 15.2. The smallest absolute Gasteiger partial charge is 0.242 e. The number of fused-ring (bicyclic) bond motifs is 1. The zero-order valence-electron chi connectivity index (χ0n) is 15.2. The van der Waals surface area contributed by atoms with E-state index in [2.05, 4.69) is 20.2 Å². The summed E-state index contributed by atoms with van der Waals surface area (Å²) in [5.74, 6) is 1.12. The second-order valence-electron chi connectivity index (χ2n) is 6.59. The Kier molecular flexibility index (Phi) is 5.02. The van der Waals surface area contributed by atoms with Gasteiger partial charge in [-0.05, 0) is 49.7 Å². The van der Waals surface area contributed by atoms with Crippen LogP contribution < -0.4 is 10.1 Å². The molecule has 1 aliphatic heterocycles. The summed E-state index contributed by atoms with van der Waals surface area (Å²) >= 11 is 0. The van der Waals surface area contributed by atoms with Gasteiger partial charge in [0.1, 0.15) is 17.3 Å². The average molecular weight is 366 g/mol. The Balaban J connectivity index is 1.49. The van der Waals surface area contributed by atoms with Crippen LogP contribution in [0, 0.1) is 0 Å². The summed E-state index contributed by atoms with van der Waals surface area (Å²) in [5.41, 5.74) is 2.28.